The first-order chi connectivity index (χ1) is 11.1. The fourth-order valence-corrected chi connectivity index (χ4v) is 3.78. The van der Waals surface area contributed by atoms with Gasteiger partial charge in [0.15, 0.2) is 0 Å². The standard InChI is InChI=1S/C17H18N2O3S/c1-11-18-14(12-6-3-2-4-7-12)15(23-11)16(20)19-9-5-8-13(10-19)17(21)22/h2-4,6-7,13H,5,8-10H2,1H3,(H,21,22). The van der Waals surface area contributed by atoms with Gasteiger partial charge in [-0.05, 0) is 19.8 Å². The Hall–Kier alpha value is -2.21. The van der Waals surface area contributed by atoms with Crippen LogP contribution in [0.15, 0.2) is 30.3 Å². The van der Waals surface area contributed by atoms with Gasteiger partial charge in [0.2, 0.25) is 0 Å². The van der Waals surface area contributed by atoms with Crippen LogP contribution in [-0.4, -0.2) is 40.0 Å². The van der Waals surface area contributed by atoms with Gasteiger partial charge in [-0.25, -0.2) is 4.98 Å². The first kappa shape index (κ1) is 15.7. The van der Waals surface area contributed by atoms with E-state index >= 15 is 0 Å². The topological polar surface area (TPSA) is 70.5 Å². The van der Waals surface area contributed by atoms with E-state index in [4.69, 9.17) is 0 Å². The lowest BCUT2D eigenvalue weighted by atomic mass is 9.98. The Morgan fingerprint density at radius 1 is 1.30 bits per heavy atom. The number of carboxylic acids is 1. The highest BCUT2D eigenvalue weighted by Crippen LogP contribution is 2.30. The maximum Gasteiger partial charge on any atom is 0.308 e. The van der Waals surface area contributed by atoms with Gasteiger partial charge in [-0.2, -0.15) is 0 Å². The second-order valence-electron chi connectivity index (χ2n) is 5.71. The number of aliphatic carboxylic acids is 1. The van der Waals surface area contributed by atoms with Gasteiger partial charge in [-0.3, -0.25) is 9.59 Å². The molecular formula is C17H18N2O3S. The van der Waals surface area contributed by atoms with Crippen LogP contribution < -0.4 is 0 Å². The Balaban J connectivity index is 1.90. The van der Waals surface area contributed by atoms with Crippen LogP contribution >= 0.6 is 11.3 Å². The van der Waals surface area contributed by atoms with E-state index in [0.717, 1.165) is 17.0 Å². The molecule has 1 saturated heterocycles. The van der Waals surface area contributed by atoms with Gasteiger partial charge in [0, 0.05) is 18.7 Å². The molecule has 1 aromatic carbocycles. The summed E-state index contributed by atoms with van der Waals surface area (Å²) in [5.74, 6) is -1.41. The molecule has 0 bridgehead atoms. The van der Waals surface area contributed by atoms with Crippen LogP contribution in [0, 0.1) is 12.8 Å². The van der Waals surface area contributed by atoms with Crippen molar-refractivity contribution < 1.29 is 14.7 Å². The van der Waals surface area contributed by atoms with Crippen molar-refractivity contribution >= 4 is 23.2 Å². The van der Waals surface area contributed by atoms with Gasteiger partial charge >= 0.3 is 5.97 Å². The highest BCUT2D eigenvalue weighted by Gasteiger charge is 2.31. The maximum absolute atomic E-state index is 12.9. The van der Waals surface area contributed by atoms with E-state index in [0.29, 0.717) is 23.5 Å². The van der Waals surface area contributed by atoms with Gasteiger partial charge in [0.25, 0.3) is 5.91 Å². The molecule has 1 N–H and O–H groups in total. The Morgan fingerprint density at radius 2 is 2.04 bits per heavy atom. The van der Waals surface area contributed by atoms with Crippen LogP contribution in [0.1, 0.15) is 27.5 Å². The van der Waals surface area contributed by atoms with Gasteiger partial charge < -0.3 is 10.0 Å². The summed E-state index contributed by atoms with van der Waals surface area (Å²) >= 11 is 1.37. The van der Waals surface area contributed by atoms with Crippen LogP contribution in [0.3, 0.4) is 0 Å². The fourth-order valence-electron chi connectivity index (χ4n) is 2.87. The number of hydrogen-bond acceptors (Lipinski definition) is 4. The number of rotatable bonds is 3. The van der Waals surface area contributed by atoms with Gasteiger partial charge in [-0.1, -0.05) is 30.3 Å². The maximum atomic E-state index is 12.9. The highest BCUT2D eigenvalue weighted by molar-refractivity contribution is 7.14. The fraction of sp³-hybridized carbons (Fsp3) is 0.353. The van der Waals surface area contributed by atoms with Crippen molar-refractivity contribution in [3.63, 3.8) is 0 Å². The first-order valence-corrected chi connectivity index (χ1v) is 8.43. The summed E-state index contributed by atoms with van der Waals surface area (Å²) in [7, 11) is 0. The average Bonchev–Trinajstić information content (AvgIpc) is 2.97. The molecule has 1 aliphatic rings. The monoisotopic (exact) mass is 330 g/mol. The minimum Gasteiger partial charge on any atom is -0.481 e. The first-order valence-electron chi connectivity index (χ1n) is 7.61. The Labute approximate surface area is 138 Å². The molecular weight excluding hydrogens is 312 g/mol. The van der Waals surface area contributed by atoms with E-state index in [1.165, 1.54) is 11.3 Å². The number of likely N-dealkylation sites (tertiary alicyclic amines) is 1. The molecule has 0 saturated carbocycles. The lowest BCUT2D eigenvalue weighted by Crippen LogP contribution is -2.42. The molecule has 1 aliphatic heterocycles. The molecule has 2 aromatic rings. The van der Waals surface area contributed by atoms with Crippen LogP contribution in [0.25, 0.3) is 11.3 Å². The van der Waals surface area contributed by atoms with Crippen LogP contribution in [0.2, 0.25) is 0 Å². The Bertz CT molecular complexity index is 727. The van der Waals surface area contributed by atoms with Crippen molar-refractivity contribution in [1.29, 1.82) is 0 Å². The zero-order valence-corrected chi connectivity index (χ0v) is 13.7. The summed E-state index contributed by atoms with van der Waals surface area (Å²) in [5.41, 5.74) is 1.60. The summed E-state index contributed by atoms with van der Waals surface area (Å²) in [6.07, 6.45) is 1.35. The van der Waals surface area contributed by atoms with E-state index < -0.39 is 11.9 Å². The number of aromatic nitrogens is 1. The molecule has 6 heteroatoms. The normalized spacial score (nSPS) is 18.0. The van der Waals surface area contributed by atoms with Crippen LogP contribution in [0.4, 0.5) is 0 Å². The number of thiazole rings is 1. The number of amides is 1. The molecule has 2 heterocycles. The molecule has 0 radical (unpaired) electrons. The summed E-state index contributed by atoms with van der Waals surface area (Å²) in [6.45, 7) is 2.76. The number of aryl methyl sites for hydroxylation is 1. The molecule has 1 amide bonds. The molecule has 1 fully saturated rings. The van der Waals surface area contributed by atoms with E-state index in [9.17, 15) is 14.7 Å². The van der Waals surface area contributed by atoms with E-state index in [1.54, 1.807) is 4.90 Å². The van der Waals surface area contributed by atoms with Crippen molar-refractivity contribution in [2.45, 2.75) is 19.8 Å². The summed E-state index contributed by atoms with van der Waals surface area (Å²) in [5, 5.41) is 10.0. The van der Waals surface area contributed by atoms with Crippen molar-refractivity contribution in [2.75, 3.05) is 13.1 Å². The lowest BCUT2D eigenvalue weighted by Gasteiger charge is -2.30. The number of piperidine rings is 1. The van der Waals surface area contributed by atoms with Crippen LogP contribution in [0.5, 0.6) is 0 Å². The molecule has 1 atom stereocenters. The number of carbonyl (C=O) groups excluding carboxylic acids is 1. The van der Waals surface area contributed by atoms with Gasteiger partial charge in [-0.15, -0.1) is 11.3 Å². The Morgan fingerprint density at radius 3 is 2.74 bits per heavy atom. The third kappa shape index (κ3) is 3.27. The number of carbonyl (C=O) groups is 2. The quantitative estimate of drug-likeness (QED) is 0.939. The number of benzene rings is 1. The minimum absolute atomic E-state index is 0.111. The second kappa shape index (κ2) is 6.50. The predicted molar refractivity (Wildman–Crippen MR) is 88.6 cm³/mol. The second-order valence-corrected chi connectivity index (χ2v) is 6.91. The van der Waals surface area contributed by atoms with E-state index in [-0.39, 0.29) is 12.5 Å². The molecule has 3 rings (SSSR count). The van der Waals surface area contributed by atoms with E-state index in [1.807, 2.05) is 37.3 Å². The predicted octanol–water partition coefficient (Wildman–Crippen LogP) is 3.06. The van der Waals surface area contributed by atoms with Crippen molar-refractivity contribution in [3.8, 4) is 11.3 Å². The smallest absolute Gasteiger partial charge is 0.308 e. The number of hydrogen-bond donors (Lipinski definition) is 1. The molecule has 1 aromatic heterocycles. The SMILES string of the molecule is Cc1nc(-c2ccccc2)c(C(=O)N2CCCC(C(=O)O)C2)s1. The largest absolute Gasteiger partial charge is 0.481 e. The molecule has 23 heavy (non-hydrogen) atoms. The zero-order chi connectivity index (χ0) is 16.4. The van der Waals surface area contributed by atoms with Crippen molar-refractivity contribution in [2.24, 2.45) is 5.92 Å². The Kier molecular flexibility index (Phi) is 4.43. The van der Waals surface area contributed by atoms with E-state index in [2.05, 4.69) is 4.98 Å². The molecule has 0 spiro atoms. The molecule has 120 valence electrons. The average molecular weight is 330 g/mol. The van der Waals surface area contributed by atoms with Gasteiger partial charge in [0.05, 0.1) is 16.6 Å². The summed E-state index contributed by atoms with van der Waals surface area (Å²) in [4.78, 5) is 30.8. The van der Waals surface area contributed by atoms with Crippen molar-refractivity contribution in [3.05, 3.63) is 40.2 Å². The molecule has 0 aliphatic carbocycles. The minimum atomic E-state index is -0.828. The lowest BCUT2D eigenvalue weighted by molar-refractivity contribution is -0.143. The summed E-state index contributed by atoms with van der Waals surface area (Å²) in [6, 6.07) is 9.62. The van der Waals surface area contributed by atoms with Crippen molar-refractivity contribution in [1.82, 2.24) is 9.88 Å². The third-order valence-corrected chi connectivity index (χ3v) is 4.99. The summed E-state index contributed by atoms with van der Waals surface area (Å²) < 4.78 is 0. The van der Waals surface area contributed by atoms with Gasteiger partial charge in [0.1, 0.15) is 4.88 Å². The van der Waals surface area contributed by atoms with Crippen LogP contribution in [-0.2, 0) is 4.79 Å². The number of nitrogens with zero attached hydrogens (tertiary/aromatic N) is 2. The number of carboxylic acid groups (broad SMARTS) is 1. The third-order valence-electron chi connectivity index (χ3n) is 4.03. The molecule has 5 nitrogen and oxygen atoms in total. The zero-order valence-electron chi connectivity index (χ0n) is 12.9. The molecule has 1 unspecified atom stereocenters. The highest BCUT2D eigenvalue weighted by atomic mass is 32.1.